The summed E-state index contributed by atoms with van der Waals surface area (Å²) in [6.07, 6.45) is 3.76. The second-order valence-electron chi connectivity index (χ2n) is 9.08. The van der Waals surface area contributed by atoms with Crippen LogP contribution in [0, 0.1) is 5.41 Å². The van der Waals surface area contributed by atoms with Gasteiger partial charge >= 0.3 is 0 Å². The SMILES string of the molecule is CC(C)NC(=O)[C@@]1(Cc2ccccc2-c2cccs2)CCN(C(=O)[C@H]2CCCCO2)C1. The lowest BCUT2D eigenvalue weighted by molar-refractivity contribution is -0.146. The Morgan fingerprint density at radius 1 is 1.23 bits per heavy atom. The molecule has 0 spiro atoms. The molecule has 5 nitrogen and oxygen atoms in total. The van der Waals surface area contributed by atoms with Crippen molar-refractivity contribution in [3.8, 4) is 10.4 Å². The predicted octanol–water partition coefficient (Wildman–Crippen LogP) is 4.27. The van der Waals surface area contributed by atoms with E-state index in [2.05, 4.69) is 35.0 Å². The lowest BCUT2D eigenvalue weighted by atomic mass is 9.78. The Kier molecular flexibility index (Phi) is 6.77. The summed E-state index contributed by atoms with van der Waals surface area (Å²) in [5, 5.41) is 5.21. The molecule has 3 heterocycles. The number of nitrogens with zero attached hydrogens (tertiary/aromatic N) is 1. The van der Waals surface area contributed by atoms with E-state index in [4.69, 9.17) is 4.74 Å². The van der Waals surface area contributed by atoms with Gasteiger partial charge in [-0.3, -0.25) is 9.59 Å². The fourth-order valence-corrected chi connectivity index (χ4v) is 5.52. The minimum absolute atomic E-state index is 0.0448. The molecule has 1 aromatic carbocycles. The first-order valence-electron chi connectivity index (χ1n) is 11.3. The van der Waals surface area contributed by atoms with E-state index in [9.17, 15) is 9.59 Å². The number of thiophene rings is 1. The smallest absolute Gasteiger partial charge is 0.251 e. The van der Waals surface area contributed by atoms with Gasteiger partial charge in [-0.15, -0.1) is 11.3 Å². The van der Waals surface area contributed by atoms with Gasteiger partial charge in [0.25, 0.3) is 5.91 Å². The standard InChI is InChI=1S/C25H32N2O3S/c1-18(2)26-24(29)25(12-13-27(17-25)23(28)21-10-5-6-14-30-21)16-19-8-3-4-9-20(19)22-11-7-15-31-22/h3-4,7-9,11,15,18,21H,5-6,10,12-14,16-17H2,1-2H3,(H,26,29)/t21-,25-/m1/s1. The molecule has 2 aromatic rings. The van der Waals surface area contributed by atoms with Crippen LogP contribution in [0.4, 0.5) is 0 Å². The molecule has 31 heavy (non-hydrogen) atoms. The lowest BCUT2D eigenvalue weighted by Gasteiger charge is -2.31. The summed E-state index contributed by atoms with van der Waals surface area (Å²) in [6, 6.07) is 12.6. The summed E-state index contributed by atoms with van der Waals surface area (Å²) in [5.74, 6) is 0.0915. The van der Waals surface area contributed by atoms with Gasteiger partial charge in [0.2, 0.25) is 5.91 Å². The molecule has 4 rings (SSSR count). The highest BCUT2D eigenvalue weighted by atomic mass is 32.1. The van der Waals surface area contributed by atoms with Crippen LogP contribution in [-0.4, -0.2) is 48.6 Å². The lowest BCUT2D eigenvalue weighted by Crippen LogP contribution is -2.48. The number of likely N-dealkylation sites (tertiary alicyclic amines) is 1. The third-order valence-corrected chi connectivity index (χ3v) is 7.26. The number of amides is 2. The monoisotopic (exact) mass is 440 g/mol. The molecule has 0 bridgehead atoms. The maximum Gasteiger partial charge on any atom is 0.251 e. The van der Waals surface area contributed by atoms with Crippen molar-refractivity contribution in [2.24, 2.45) is 5.41 Å². The maximum absolute atomic E-state index is 13.4. The van der Waals surface area contributed by atoms with E-state index >= 15 is 0 Å². The van der Waals surface area contributed by atoms with Gasteiger partial charge in [-0.25, -0.2) is 0 Å². The first-order valence-corrected chi connectivity index (χ1v) is 12.2. The zero-order valence-corrected chi connectivity index (χ0v) is 19.2. The Bertz CT molecular complexity index is 905. The molecule has 2 fully saturated rings. The fourth-order valence-electron chi connectivity index (χ4n) is 4.74. The molecule has 166 valence electrons. The van der Waals surface area contributed by atoms with Crippen LogP contribution >= 0.6 is 11.3 Å². The average Bonchev–Trinajstić information content (AvgIpc) is 3.45. The van der Waals surface area contributed by atoms with Crippen molar-refractivity contribution < 1.29 is 14.3 Å². The maximum atomic E-state index is 13.4. The molecule has 2 atom stereocenters. The van der Waals surface area contributed by atoms with Crippen LogP contribution in [0.1, 0.15) is 45.1 Å². The van der Waals surface area contributed by atoms with Crippen LogP contribution in [0.2, 0.25) is 0 Å². The summed E-state index contributed by atoms with van der Waals surface area (Å²) in [7, 11) is 0. The van der Waals surface area contributed by atoms with Crippen molar-refractivity contribution in [2.45, 2.75) is 58.1 Å². The molecule has 2 saturated heterocycles. The number of ether oxygens (including phenoxy) is 1. The molecule has 1 aromatic heterocycles. The summed E-state index contributed by atoms with van der Waals surface area (Å²) in [4.78, 5) is 29.6. The molecule has 0 saturated carbocycles. The van der Waals surface area contributed by atoms with E-state index in [0.717, 1.165) is 24.8 Å². The van der Waals surface area contributed by atoms with Crippen LogP contribution in [0.25, 0.3) is 10.4 Å². The molecule has 0 unspecified atom stereocenters. The second-order valence-corrected chi connectivity index (χ2v) is 10.0. The van der Waals surface area contributed by atoms with Crippen molar-refractivity contribution in [2.75, 3.05) is 19.7 Å². The number of hydrogen-bond acceptors (Lipinski definition) is 4. The van der Waals surface area contributed by atoms with Crippen LogP contribution in [0.3, 0.4) is 0 Å². The Labute approximate surface area is 188 Å². The minimum atomic E-state index is -0.623. The Morgan fingerprint density at radius 3 is 2.77 bits per heavy atom. The Hall–Kier alpha value is -2.18. The van der Waals surface area contributed by atoms with E-state index in [-0.39, 0.29) is 24.0 Å². The molecular weight excluding hydrogens is 408 g/mol. The van der Waals surface area contributed by atoms with Gasteiger partial charge in [-0.2, -0.15) is 0 Å². The van der Waals surface area contributed by atoms with Gasteiger partial charge < -0.3 is 15.0 Å². The van der Waals surface area contributed by atoms with Crippen molar-refractivity contribution in [3.05, 3.63) is 47.3 Å². The van der Waals surface area contributed by atoms with E-state index < -0.39 is 5.41 Å². The molecule has 2 aliphatic rings. The number of hydrogen-bond donors (Lipinski definition) is 1. The van der Waals surface area contributed by atoms with Crippen LogP contribution in [0.5, 0.6) is 0 Å². The number of carbonyl (C=O) groups excluding carboxylic acids is 2. The van der Waals surface area contributed by atoms with Gasteiger partial charge in [0.05, 0.1) is 5.41 Å². The summed E-state index contributed by atoms with van der Waals surface area (Å²) in [6.45, 7) is 5.67. The van der Waals surface area contributed by atoms with Crippen molar-refractivity contribution >= 4 is 23.2 Å². The van der Waals surface area contributed by atoms with E-state index in [1.807, 2.05) is 30.9 Å². The van der Waals surface area contributed by atoms with Gasteiger partial charge in [0.15, 0.2) is 0 Å². The van der Waals surface area contributed by atoms with Crippen LogP contribution in [0.15, 0.2) is 41.8 Å². The second kappa shape index (κ2) is 9.53. The summed E-state index contributed by atoms with van der Waals surface area (Å²) < 4.78 is 5.74. The zero-order valence-electron chi connectivity index (χ0n) is 18.4. The largest absolute Gasteiger partial charge is 0.368 e. The van der Waals surface area contributed by atoms with Crippen molar-refractivity contribution in [1.29, 1.82) is 0 Å². The van der Waals surface area contributed by atoms with Crippen LogP contribution < -0.4 is 5.32 Å². The Morgan fingerprint density at radius 2 is 2.06 bits per heavy atom. The van der Waals surface area contributed by atoms with Crippen molar-refractivity contribution in [1.82, 2.24) is 10.2 Å². The minimum Gasteiger partial charge on any atom is -0.368 e. The summed E-state index contributed by atoms with van der Waals surface area (Å²) in [5.41, 5.74) is 1.71. The topological polar surface area (TPSA) is 58.6 Å². The number of benzene rings is 1. The number of nitrogens with one attached hydrogen (secondary N) is 1. The van der Waals surface area contributed by atoms with Gasteiger partial charge in [0, 0.05) is 30.6 Å². The number of rotatable bonds is 6. The molecule has 1 N–H and O–H groups in total. The van der Waals surface area contributed by atoms with Gasteiger partial charge in [-0.1, -0.05) is 30.3 Å². The molecule has 0 aliphatic carbocycles. The first kappa shape index (κ1) is 22.0. The highest BCUT2D eigenvalue weighted by Gasteiger charge is 2.47. The van der Waals surface area contributed by atoms with E-state index in [0.29, 0.717) is 32.5 Å². The molecule has 2 amide bonds. The quantitative estimate of drug-likeness (QED) is 0.730. The van der Waals surface area contributed by atoms with E-state index in [1.54, 1.807) is 11.3 Å². The van der Waals surface area contributed by atoms with Crippen LogP contribution in [-0.2, 0) is 20.7 Å². The fraction of sp³-hybridized carbons (Fsp3) is 0.520. The van der Waals surface area contributed by atoms with E-state index in [1.165, 1.54) is 10.4 Å². The average molecular weight is 441 g/mol. The third kappa shape index (κ3) is 4.85. The molecule has 2 aliphatic heterocycles. The highest BCUT2D eigenvalue weighted by molar-refractivity contribution is 7.13. The van der Waals surface area contributed by atoms with Crippen molar-refractivity contribution in [3.63, 3.8) is 0 Å². The summed E-state index contributed by atoms with van der Waals surface area (Å²) >= 11 is 1.71. The zero-order chi connectivity index (χ0) is 21.8. The molecular formula is C25H32N2O3S. The normalized spacial score (nSPS) is 23.8. The predicted molar refractivity (Wildman–Crippen MR) is 124 cm³/mol. The van der Waals surface area contributed by atoms with Gasteiger partial charge in [-0.05, 0) is 68.5 Å². The highest BCUT2D eigenvalue weighted by Crippen LogP contribution is 2.39. The third-order valence-electron chi connectivity index (χ3n) is 6.35. The Balaban J connectivity index is 1.60. The first-order chi connectivity index (χ1) is 15.0. The van der Waals surface area contributed by atoms with Gasteiger partial charge in [0.1, 0.15) is 6.10 Å². The number of carbonyl (C=O) groups is 2. The molecule has 6 heteroatoms. The molecule has 0 radical (unpaired) electrons.